The number of rotatable bonds is 0. The Morgan fingerprint density at radius 3 is 2.82 bits per heavy atom. The molecule has 0 unspecified atom stereocenters. The van der Waals surface area contributed by atoms with E-state index in [1.807, 2.05) is 18.5 Å². The molecule has 1 aliphatic rings. The van der Waals surface area contributed by atoms with Gasteiger partial charge in [-0.3, -0.25) is 4.99 Å². The van der Waals surface area contributed by atoms with Gasteiger partial charge in [-0.15, -0.1) is 0 Å². The summed E-state index contributed by atoms with van der Waals surface area (Å²) in [5.74, 6) is 0.930. The van der Waals surface area contributed by atoms with E-state index in [1.54, 1.807) is 0 Å². The fourth-order valence-corrected chi connectivity index (χ4v) is 1.26. The number of nitrogen functional groups attached to an aromatic ring is 1. The number of hydrogen-bond acceptors (Lipinski definition) is 3. The molecular formula is C7H10N4. The Labute approximate surface area is 64.7 Å². The third kappa shape index (κ3) is 0.691. The van der Waals surface area contributed by atoms with Crippen molar-refractivity contribution in [3.05, 3.63) is 11.4 Å². The van der Waals surface area contributed by atoms with Crippen molar-refractivity contribution in [3.63, 3.8) is 0 Å². The summed E-state index contributed by atoms with van der Waals surface area (Å²) in [4.78, 5) is 4.20. The lowest BCUT2D eigenvalue weighted by Crippen LogP contribution is -2.06. The van der Waals surface area contributed by atoms with E-state index in [4.69, 9.17) is 5.73 Å². The summed E-state index contributed by atoms with van der Waals surface area (Å²) < 4.78 is 1.81. The highest BCUT2D eigenvalue weighted by molar-refractivity contribution is 5.85. The van der Waals surface area contributed by atoms with Gasteiger partial charge in [0.2, 0.25) is 0 Å². The fraction of sp³-hybridized carbons (Fsp3) is 0.429. The molecule has 0 atom stereocenters. The Bertz CT molecular complexity index is 334. The van der Waals surface area contributed by atoms with Crippen LogP contribution < -0.4 is 5.73 Å². The number of nitrogens with two attached hydrogens (primary N) is 1. The maximum atomic E-state index is 5.76. The number of nitrogens with zero attached hydrogens (tertiary/aromatic N) is 3. The minimum absolute atomic E-state index is 0.679. The zero-order valence-corrected chi connectivity index (χ0v) is 6.63. The summed E-state index contributed by atoms with van der Waals surface area (Å²) in [6.45, 7) is 4.52. The molecule has 0 saturated heterocycles. The van der Waals surface area contributed by atoms with Crippen LogP contribution >= 0.6 is 0 Å². The van der Waals surface area contributed by atoms with Gasteiger partial charge in [-0.1, -0.05) is 0 Å². The molecule has 0 amide bonds. The molecule has 0 radical (unpaired) electrons. The first-order valence-electron chi connectivity index (χ1n) is 3.55. The van der Waals surface area contributed by atoms with Crippen LogP contribution in [-0.2, 0) is 6.54 Å². The average molecular weight is 150 g/mol. The van der Waals surface area contributed by atoms with Gasteiger partial charge in [0.1, 0.15) is 5.84 Å². The van der Waals surface area contributed by atoms with Crippen LogP contribution in [0.15, 0.2) is 4.99 Å². The number of aryl methyl sites for hydroxylation is 1. The molecule has 4 heteroatoms. The first-order valence-corrected chi connectivity index (χ1v) is 3.55. The SMILES string of the molecule is CC1=NCc2c(N)c(C)nn21. The Kier molecular flexibility index (Phi) is 1.07. The first kappa shape index (κ1) is 6.39. The van der Waals surface area contributed by atoms with E-state index in [-0.39, 0.29) is 0 Å². The van der Waals surface area contributed by atoms with Gasteiger partial charge >= 0.3 is 0 Å². The molecule has 2 heterocycles. The smallest absolute Gasteiger partial charge is 0.122 e. The zero-order valence-electron chi connectivity index (χ0n) is 6.63. The van der Waals surface area contributed by atoms with Crippen LogP contribution in [0.5, 0.6) is 0 Å². The lowest BCUT2D eigenvalue weighted by Gasteiger charge is -1.92. The molecule has 0 spiro atoms. The highest BCUT2D eigenvalue weighted by Gasteiger charge is 2.17. The van der Waals surface area contributed by atoms with E-state index in [1.165, 1.54) is 0 Å². The third-order valence-corrected chi connectivity index (χ3v) is 1.97. The fourth-order valence-electron chi connectivity index (χ4n) is 1.26. The minimum atomic E-state index is 0.679. The van der Waals surface area contributed by atoms with Crippen LogP contribution in [0.1, 0.15) is 18.3 Å². The molecule has 0 saturated carbocycles. The summed E-state index contributed by atoms with van der Waals surface area (Å²) in [6, 6.07) is 0. The van der Waals surface area contributed by atoms with Crippen LogP contribution in [0.2, 0.25) is 0 Å². The molecule has 0 fully saturated rings. The van der Waals surface area contributed by atoms with E-state index >= 15 is 0 Å². The van der Waals surface area contributed by atoms with Crippen LogP contribution in [0.3, 0.4) is 0 Å². The topological polar surface area (TPSA) is 56.2 Å². The minimum Gasteiger partial charge on any atom is -0.396 e. The lowest BCUT2D eigenvalue weighted by atomic mass is 10.3. The molecule has 0 aromatic carbocycles. The van der Waals surface area contributed by atoms with Crippen LogP contribution in [-0.4, -0.2) is 15.6 Å². The van der Waals surface area contributed by atoms with Crippen molar-refractivity contribution in [1.29, 1.82) is 0 Å². The quantitative estimate of drug-likeness (QED) is 0.587. The molecule has 2 rings (SSSR count). The highest BCUT2D eigenvalue weighted by atomic mass is 15.4. The van der Waals surface area contributed by atoms with Gasteiger partial charge in [0, 0.05) is 0 Å². The number of aromatic nitrogens is 2. The normalized spacial score (nSPS) is 14.9. The average Bonchev–Trinajstić information content (AvgIpc) is 2.43. The first-order chi connectivity index (χ1) is 5.20. The van der Waals surface area contributed by atoms with E-state index in [9.17, 15) is 0 Å². The Hall–Kier alpha value is -1.32. The molecular weight excluding hydrogens is 140 g/mol. The molecule has 0 bridgehead atoms. The van der Waals surface area contributed by atoms with E-state index in [0.29, 0.717) is 6.54 Å². The number of anilines is 1. The molecule has 4 nitrogen and oxygen atoms in total. The number of fused-ring (bicyclic) bond motifs is 1. The van der Waals surface area contributed by atoms with Crippen molar-refractivity contribution < 1.29 is 0 Å². The summed E-state index contributed by atoms with van der Waals surface area (Å²) >= 11 is 0. The maximum Gasteiger partial charge on any atom is 0.122 e. The largest absolute Gasteiger partial charge is 0.396 e. The van der Waals surface area contributed by atoms with Crippen molar-refractivity contribution in [1.82, 2.24) is 9.78 Å². The summed E-state index contributed by atoms with van der Waals surface area (Å²) in [5, 5.41) is 4.23. The Balaban J connectivity index is 2.65. The van der Waals surface area contributed by atoms with Gasteiger partial charge in [-0.2, -0.15) is 5.10 Å². The van der Waals surface area contributed by atoms with E-state index < -0.39 is 0 Å². The van der Waals surface area contributed by atoms with Crippen molar-refractivity contribution >= 4 is 11.5 Å². The summed E-state index contributed by atoms with van der Waals surface area (Å²) in [5.41, 5.74) is 8.47. The second-order valence-electron chi connectivity index (χ2n) is 2.72. The molecule has 2 N–H and O–H groups in total. The monoisotopic (exact) mass is 150 g/mol. The zero-order chi connectivity index (χ0) is 8.01. The van der Waals surface area contributed by atoms with Gasteiger partial charge in [0.15, 0.2) is 0 Å². The van der Waals surface area contributed by atoms with Crippen molar-refractivity contribution in [2.24, 2.45) is 4.99 Å². The second-order valence-corrected chi connectivity index (χ2v) is 2.72. The highest BCUT2D eigenvalue weighted by Crippen LogP contribution is 2.20. The third-order valence-electron chi connectivity index (χ3n) is 1.97. The molecule has 11 heavy (non-hydrogen) atoms. The van der Waals surface area contributed by atoms with E-state index in [2.05, 4.69) is 10.1 Å². The van der Waals surface area contributed by atoms with Crippen LogP contribution in [0.4, 0.5) is 5.69 Å². The molecule has 58 valence electrons. The van der Waals surface area contributed by atoms with E-state index in [0.717, 1.165) is 22.9 Å². The van der Waals surface area contributed by atoms with Crippen LogP contribution in [0, 0.1) is 6.92 Å². The molecule has 0 aliphatic carbocycles. The van der Waals surface area contributed by atoms with Gasteiger partial charge in [-0.05, 0) is 13.8 Å². The van der Waals surface area contributed by atoms with Gasteiger partial charge in [0.05, 0.1) is 23.6 Å². The summed E-state index contributed by atoms with van der Waals surface area (Å²) in [7, 11) is 0. The van der Waals surface area contributed by atoms with Gasteiger partial charge in [-0.25, -0.2) is 4.68 Å². The van der Waals surface area contributed by atoms with Crippen LogP contribution in [0.25, 0.3) is 0 Å². The predicted octanol–water partition coefficient (Wildman–Crippen LogP) is 0.554. The van der Waals surface area contributed by atoms with Gasteiger partial charge < -0.3 is 5.73 Å². The van der Waals surface area contributed by atoms with Crippen molar-refractivity contribution in [2.75, 3.05) is 5.73 Å². The standard InChI is InChI=1S/C7H10N4/c1-4-7(8)6-3-9-5(2)11(6)10-4/h3,8H2,1-2H3. The number of hydrogen-bond donors (Lipinski definition) is 1. The Morgan fingerprint density at radius 2 is 2.18 bits per heavy atom. The van der Waals surface area contributed by atoms with Crippen molar-refractivity contribution in [2.45, 2.75) is 20.4 Å². The summed E-state index contributed by atoms with van der Waals surface area (Å²) in [6.07, 6.45) is 0. The van der Waals surface area contributed by atoms with Gasteiger partial charge in [0.25, 0.3) is 0 Å². The Morgan fingerprint density at radius 1 is 1.45 bits per heavy atom. The maximum absolute atomic E-state index is 5.76. The second kappa shape index (κ2) is 1.84. The molecule has 1 aromatic rings. The lowest BCUT2D eigenvalue weighted by molar-refractivity contribution is 0.891. The number of aliphatic imine (C=N–C) groups is 1. The predicted molar refractivity (Wildman–Crippen MR) is 43.6 cm³/mol. The molecule has 1 aliphatic heterocycles. The molecule has 1 aromatic heterocycles. The van der Waals surface area contributed by atoms with Crippen molar-refractivity contribution in [3.8, 4) is 0 Å².